The van der Waals surface area contributed by atoms with Gasteiger partial charge in [0.05, 0.1) is 0 Å². The van der Waals surface area contributed by atoms with Gasteiger partial charge in [0.2, 0.25) is 0 Å². The standard InChI is InChI=1S/C4H4O4.C3H9N/c5-3(6)1-2-4(7)8;1-3-4-2/h1-2H,(H,5,6)(H,7,8);4H,3H2,1-2H3. The molecule has 3 N–H and O–H groups in total. The van der Waals surface area contributed by atoms with E-state index >= 15 is 0 Å². The Hall–Kier alpha value is -1.36. The van der Waals surface area contributed by atoms with Crippen LogP contribution in [0.5, 0.6) is 0 Å². The summed E-state index contributed by atoms with van der Waals surface area (Å²) in [6, 6.07) is 0. The summed E-state index contributed by atoms with van der Waals surface area (Å²) in [5.74, 6) is -2.51. The van der Waals surface area contributed by atoms with Gasteiger partial charge in [0.25, 0.3) is 0 Å². The average molecular weight is 175 g/mol. The summed E-state index contributed by atoms with van der Waals surface area (Å²) in [6.45, 7) is 3.14. The molecule has 0 unspecified atom stereocenters. The molecule has 0 aliphatic rings. The highest BCUT2D eigenvalue weighted by molar-refractivity contribution is 5.89. The number of hydrogen-bond acceptors (Lipinski definition) is 3. The second-order valence-electron chi connectivity index (χ2n) is 1.72. The molecule has 5 nitrogen and oxygen atoms in total. The summed E-state index contributed by atoms with van der Waals surface area (Å²) in [5.41, 5.74) is 0. The number of carboxylic acid groups (broad SMARTS) is 2. The maximum absolute atomic E-state index is 9.55. The molecule has 0 saturated carbocycles. The Balaban J connectivity index is 0. The topological polar surface area (TPSA) is 86.6 Å². The van der Waals surface area contributed by atoms with Crippen molar-refractivity contribution in [1.82, 2.24) is 5.32 Å². The van der Waals surface area contributed by atoms with Gasteiger partial charge in [-0.2, -0.15) is 0 Å². The lowest BCUT2D eigenvalue weighted by molar-refractivity contribution is -0.134. The normalized spacial score (nSPS) is 8.83. The first-order valence-corrected chi connectivity index (χ1v) is 3.33. The Labute approximate surface area is 70.7 Å². The van der Waals surface area contributed by atoms with E-state index in [4.69, 9.17) is 10.2 Å². The number of aliphatic carboxylic acids is 2. The average Bonchev–Trinajstić information content (AvgIpc) is 2.01. The molecule has 0 aliphatic heterocycles. The highest BCUT2D eigenvalue weighted by atomic mass is 16.4. The quantitative estimate of drug-likeness (QED) is 0.523. The van der Waals surface area contributed by atoms with E-state index in [1.54, 1.807) is 0 Å². The van der Waals surface area contributed by atoms with E-state index in [0.29, 0.717) is 12.2 Å². The maximum atomic E-state index is 9.55. The van der Waals surface area contributed by atoms with Crippen molar-refractivity contribution in [3.63, 3.8) is 0 Å². The third-order valence-electron chi connectivity index (χ3n) is 0.722. The van der Waals surface area contributed by atoms with E-state index in [2.05, 4.69) is 12.2 Å². The maximum Gasteiger partial charge on any atom is 0.328 e. The fraction of sp³-hybridized carbons (Fsp3) is 0.429. The van der Waals surface area contributed by atoms with E-state index in [1.165, 1.54) is 0 Å². The zero-order valence-electron chi connectivity index (χ0n) is 7.07. The molecule has 0 fully saturated rings. The third kappa shape index (κ3) is 23.4. The van der Waals surface area contributed by atoms with Crippen molar-refractivity contribution in [3.05, 3.63) is 12.2 Å². The predicted octanol–water partition coefficient (Wildman–Crippen LogP) is -0.0625. The highest BCUT2D eigenvalue weighted by Gasteiger charge is 1.88. The van der Waals surface area contributed by atoms with Crippen molar-refractivity contribution >= 4 is 11.9 Å². The predicted molar refractivity (Wildman–Crippen MR) is 44.0 cm³/mol. The van der Waals surface area contributed by atoms with Crippen LogP contribution in [0.2, 0.25) is 0 Å². The SMILES string of the molecule is CCNC.O=C(O)C=CC(=O)O. The van der Waals surface area contributed by atoms with Crippen LogP contribution in [0.3, 0.4) is 0 Å². The molecule has 0 aromatic carbocycles. The minimum atomic E-state index is -1.26. The molecule has 0 spiro atoms. The second-order valence-corrected chi connectivity index (χ2v) is 1.72. The van der Waals surface area contributed by atoms with Crippen molar-refractivity contribution in [3.8, 4) is 0 Å². The van der Waals surface area contributed by atoms with Gasteiger partial charge < -0.3 is 15.5 Å². The fourth-order valence-corrected chi connectivity index (χ4v) is 0.143. The van der Waals surface area contributed by atoms with Gasteiger partial charge in [-0.3, -0.25) is 0 Å². The van der Waals surface area contributed by atoms with Gasteiger partial charge in [-0.25, -0.2) is 9.59 Å². The van der Waals surface area contributed by atoms with Crippen LogP contribution >= 0.6 is 0 Å². The summed E-state index contributed by atoms with van der Waals surface area (Å²) >= 11 is 0. The molecule has 0 aromatic heterocycles. The van der Waals surface area contributed by atoms with E-state index in [1.807, 2.05) is 7.05 Å². The summed E-state index contributed by atoms with van der Waals surface area (Å²) in [4.78, 5) is 19.1. The molecule has 0 aromatic rings. The van der Waals surface area contributed by atoms with Crippen LogP contribution in [0.25, 0.3) is 0 Å². The first kappa shape index (κ1) is 13.2. The zero-order chi connectivity index (χ0) is 9.98. The molecule has 0 aliphatic carbocycles. The minimum absolute atomic E-state index is 0.558. The van der Waals surface area contributed by atoms with Crippen molar-refractivity contribution in [1.29, 1.82) is 0 Å². The summed E-state index contributed by atoms with van der Waals surface area (Å²) in [6.07, 6.45) is 1.12. The van der Waals surface area contributed by atoms with Crippen molar-refractivity contribution in [2.45, 2.75) is 6.92 Å². The largest absolute Gasteiger partial charge is 0.478 e. The second kappa shape index (κ2) is 9.64. The first-order chi connectivity index (χ1) is 5.54. The Morgan fingerprint density at radius 3 is 1.58 bits per heavy atom. The van der Waals surface area contributed by atoms with E-state index in [-0.39, 0.29) is 0 Å². The lowest BCUT2D eigenvalue weighted by atomic mass is 10.5. The summed E-state index contributed by atoms with van der Waals surface area (Å²) < 4.78 is 0. The molecule has 0 rings (SSSR count). The first-order valence-electron chi connectivity index (χ1n) is 3.33. The third-order valence-corrected chi connectivity index (χ3v) is 0.722. The lowest BCUT2D eigenvalue weighted by Crippen LogP contribution is -2.01. The Kier molecular flexibility index (Phi) is 10.6. The molecule has 12 heavy (non-hydrogen) atoms. The Bertz CT molecular complexity index is 147. The van der Waals surface area contributed by atoms with Crippen LogP contribution in [-0.2, 0) is 9.59 Å². The van der Waals surface area contributed by atoms with Gasteiger partial charge in [-0.05, 0) is 13.6 Å². The lowest BCUT2D eigenvalue weighted by Gasteiger charge is -1.76. The van der Waals surface area contributed by atoms with Crippen molar-refractivity contribution < 1.29 is 19.8 Å². The monoisotopic (exact) mass is 175 g/mol. The van der Waals surface area contributed by atoms with Crippen LogP contribution in [0.4, 0.5) is 0 Å². The van der Waals surface area contributed by atoms with Gasteiger partial charge in [0, 0.05) is 12.2 Å². The Morgan fingerprint density at radius 2 is 1.50 bits per heavy atom. The highest BCUT2D eigenvalue weighted by Crippen LogP contribution is 1.70. The molecule has 0 atom stereocenters. The molecule has 5 heteroatoms. The number of nitrogens with one attached hydrogen (secondary N) is 1. The van der Waals surface area contributed by atoms with E-state index in [0.717, 1.165) is 6.54 Å². The number of hydrogen-bond donors (Lipinski definition) is 3. The Morgan fingerprint density at radius 1 is 1.25 bits per heavy atom. The van der Waals surface area contributed by atoms with Gasteiger partial charge in [-0.1, -0.05) is 6.92 Å². The van der Waals surface area contributed by atoms with Crippen LogP contribution < -0.4 is 5.32 Å². The van der Waals surface area contributed by atoms with Gasteiger partial charge in [0.1, 0.15) is 0 Å². The molecular weight excluding hydrogens is 162 g/mol. The summed E-state index contributed by atoms with van der Waals surface area (Å²) in [7, 11) is 1.93. The van der Waals surface area contributed by atoms with Gasteiger partial charge >= 0.3 is 11.9 Å². The molecule has 0 saturated heterocycles. The van der Waals surface area contributed by atoms with Crippen LogP contribution in [0, 0.1) is 0 Å². The number of carboxylic acids is 2. The number of rotatable bonds is 3. The van der Waals surface area contributed by atoms with Crippen molar-refractivity contribution in [2.24, 2.45) is 0 Å². The molecule has 0 amide bonds. The zero-order valence-corrected chi connectivity index (χ0v) is 7.07. The molecular formula is C7H13NO4. The number of carbonyl (C=O) groups is 2. The van der Waals surface area contributed by atoms with E-state index in [9.17, 15) is 9.59 Å². The fourth-order valence-electron chi connectivity index (χ4n) is 0.143. The molecule has 0 heterocycles. The van der Waals surface area contributed by atoms with Crippen LogP contribution in [0.1, 0.15) is 6.92 Å². The molecule has 70 valence electrons. The molecule has 0 bridgehead atoms. The van der Waals surface area contributed by atoms with Crippen molar-refractivity contribution in [2.75, 3.05) is 13.6 Å². The van der Waals surface area contributed by atoms with E-state index < -0.39 is 11.9 Å². The molecule has 0 radical (unpaired) electrons. The van der Waals surface area contributed by atoms with Crippen LogP contribution in [0.15, 0.2) is 12.2 Å². The van der Waals surface area contributed by atoms with Crippen LogP contribution in [-0.4, -0.2) is 35.7 Å². The minimum Gasteiger partial charge on any atom is -0.478 e. The summed E-state index contributed by atoms with van der Waals surface area (Å²) in [5, 5.41) is 18.6. The smallest absolute Gasteiger partial charge is 0.328 e. The van der Waals surface area contributed by atoms with Gasteiger partial charge in [-0.15, -0.1) is 0 Å². The van der Waals surface area contributed by atoms with Gasteiger partial charge in [0.15, 0.2) is 0 Å².